The van der Waals surface area contributed by atoms with Crippen LogP contribution in [0, 0.1) is 12.8 Å². The Hall–Kier alpha value is -4.27. The van der Waals surface area contributed by atoms with Gasteiger partial charge in [-0.3, -0.25) is 14.4 Å². The second-order valence-corrected chi connectivity index (χ2v) is 9.95. The van der Waals surface area contributed by atoms with Crippen molar-refractivity contribution in [1.82, 2.24) is 15.3 Å². The zero-order valence-corrected chi connectivity index (χ0v) is 22.3. The lowest BCUT2D eigenvalue weighted by molar-refractivity contribution is -0.135. The maximum atomic E-state index is 12.3. The van der Waals surface area contributed by atoms with E-state index in [4.69, 9.17) is 5.11 Å². The van der Waals surface area contributed by atoms with Crippen molar-refractivity contribution in [3.63, 3.8) is 0 Å². The monoisotopic (exact) mass is 530 g/mol. The van der Waals surface area contributed by atoms with Crippen molar-refractivity contribution in [2.24, 2.45) is 5.92 Å². The number of ketones is 1. The number of carboxylic acid groups (broad SMARTS) is 1. The second kappa shape index (κ2) is 12.5. The van der Waals surface area contributed by atoms with E-state index in [2.05, 4.69) is 56.6 Å². The number of aromatic hydroxyl groups is 1. The number of carbonyl (C=O) groups excluding carboxylic acids is 2. The van der Waals surface area contributed by atoms with Crippen LogP contribution in [-0.2, 0) is 22.4 Å². The summed E-state index contributed by atoms with van der Waals surface area (Å²) in [6.07, 6.45) is 3.48. The van der Waals surface area contributed by atoms with Gasteiger partial charge in [-0.25, -0.2) is 9.97 Å². The number of carboxylic acids is 1. The molecule has 0 saturated carbocycles. The Morgan fingerprint density at radius 1 is 0.974 bits per heavy atom. The van der Waals surface area contributed by atoms with E-state index in [1.165, 1.54) is 0 Å². The third-order valence-electron chi connectivity index (χ3n) is 7.12. The molecule has 1 aliphatic rings. The first kappa shape index (κ1) is 27.8. The summed E-state index contributed by atoms with van der Waals surface area (Å²) in [5.74, 6) is -1.20. The summed E-state index contributed by atoms with van der Waals surface area (Å²) in [5.41, 5.74) is 4.55. The van der Waals surface area contributed by atoms with Crippen LogP contribution in [0.3, 0.4) is 0 Å². The smallest absolute Gasteiger partial charge is 0.322 e. The van der Waals surface area contributed by atoms with E-state index in [1.54, 1.807) is 6.92 Å². The lowest BCUT2D eigenvalue weighted by atomic mass is 9.92. The average Bonchev–Trinajstić information content (AvgIpc) is 2.94. The van der Waals surface area contributed by atoms with Crippen LogP contribution in [0.4, 0.5) is 5.69 Å². The van der Waals surface area contributed by atoms with Crippen LogP contribution in [-0.4, -0.2) is 57.5 Å². The van der Waals surface area contributed by atoms with Crippen molar-refractivity contribution >= 4 is 23.3 Å². The normalized spacial score (nSPS) is 13.7. The zero-order valence-electron chi connectivity index (χ0n) is 22.3. The van der Waals surface area contributed by atoms with Gasteiger partial charge in [0.25, 0.3) is 5.91 Å². The van der Waals surface area contributed by atoms with Gasteiger partial charge in [-0.15, -0.1) is 0 Å². The molecule has 1 aromatic heterocycles. The molecule has 204 valence electrons. The maximum Gasteiger partial charge on any atom is 0.322 e. The molecule has 0 radical (unpaired) electrons. The molecule has 0 spiro atoms. The van der Waals surface area contributed by atoms with Gasteiger partial charge in [-0.1, -0.05) is 43.3 Å². The molecule has 4 rings (SSSR count). The van der Waals surface area contributed by atoms with Gasteiger partial charge in [0.15, 0.2) is 11.4 Å². The number of nitrogens with zero attached hydrogens (tertiary/aromatic N) is 3. The first-order valence-electron chi connectivity index (χ1n) is 13.3. The van der Waals surface area contributed by atoms with Gasteiger partial charge in [-0.05, 0) is 54.5 Å². The van der Waals surface area contributed by atoms with E-state index in [9.17, 15) is 19.5 Å². The van der Waals surface area contributed by atoms with Crippen LogP contribution in [0.15, 0.2) is 48.5 Å². The number of hydrogen-bond acceptors (Lipinski definition) is 7. The number of carbonyl (C=O) groups is 3. The molecule has 9 heteroatoms. The minimum absolute atomic E-state index is 0.194. The number of benzene rings is 2. The molecule has 1 saturated heterocycles. The van der Waals surface area contributed by atoms with Gasteiger partial charge in [0.05, 0.1) is 5.69 Å². The molecule has 9 nitrogen and oxygen atoms in total. The van der Waals surface area contributed by atoms with Gasteiger partial charge in [0.2, 0.25) is 0 Å². The number of Topliss-reactive ketones (excluding diaryl/α,β-unsaturated/α-hetero) is 1. The van der Waals surface area contributed by atoms with E-state index >= 15 is 0 Å². The summed E-state index contributed by atoms with van der Waals surface area (Å²) in [7, 11) is 0. The molecule has 3 aromatic rings. The number of aryl methyl sites for hydroxylation is 1. The largest absolute Gasteiger partial charge is 0.504 e. The van der Waals surface area contributed by atoms with E-state index in [-0.39, 0.29) is 17.2 Å². The molecule has 1 aliphatic heterocycles. The molecule has 2 aromatic carbocycles. The van der Waals surface area contributed by atoms with Gasteiger partial charge >= 0.3 is 5.97 Å². The minimum atomic E-state index is -1.18. The van der Waals surface area contributed by atoms with Gasteiger partial charge in [-0.2, -0.15) is 0 Å². The second-order valence-electron chi connectivity index (χ2n) is 9.95. The fourth-order valence-electron chi connectivity index (χ4n) is 4.80. The van der Waals surface area contributed by atoms with Crippen molar-refractivity contribution in [2.75, 3.05) is 24.5 Å². The van der Waals surface area contributed by atoms with E-state index in [0.717, 1.165) is 48.3 Å². The van der Waals surface area contributed by atoms with E-state index in [1.807, 2.05) is 19.1 Å². The lowest BCUT2D eigenvalue weighted by Gasteiger charge is -2.33. The predicted molar refractivity (Wildman–Crippen MR) is 148 cm³/mol. The number of rotatable bonds is 10. The van der Waals surface area contributed by atoms with Crippen molar-refractivity contribution in [1.29, 1.82) is 0 Å². The maximum absolute atomic E-state index is 12.3. The molecule has 1 fully saturated rings. The molecule has 0 aliphatic carbocycles. The molecule has 0 atom stereocenters. The summed E-state index contributed by atoms with van der Waals surface area (Å²) in [4.78, 5) is 45.7. The summed E-state index contributed by atoms with van der Waals surface area (Å²) >= 11 is 0. The molecular weight excluding hydrogens is 496 g/mol. The average molecular weight is 531 g/mol. The van der Waals surface area contributed by atoms with Crippen LogP contribution in [0.25, 0.3) is 11.1 Å². The van der Waals surface area contributed by atoms with Crippen LogP contribution in [0.5, 0.6) is 5.75 Å². The summed E-state index contributed by atoms with van der Waals surface area (Å²) in [6, 6.07) is 16.7. The number of aromatic nitrogens is 2. The fourth-order valence-corrected chi connectivity index (χ4v) is 4.80. The number of anilines is 1. The van der Waals surface area contributed by atoms with Crippen molar-refractivity contribution < 1.29 is 24.6 Å². The Balaban J connectivity index is 1.34. The van der Waals surface area contributed by atoms with Gasteiger partial charge in [0, 0.05) is 38.0 Å². The number of piperidine rings is 1. The Labute approximate surface area is 227 Å². The molecule has 2 heterocycles. The van der Waals surface area contributed by atoms with E-state index in [0.29, 0.717) is 36.7 Å². The molecule has 39 heavy (non-hydrogen) atoms. The van der Waals surface area contributed by atoms with Crippen molar-refractivity contribution in [3.8, 4) is 16.9 Å². The Kier molecular flexibility index (Phi) is 8.91. The van der Waals surface area contributed by atoms with Crippen molar-refractivity contribution in [2.45, 2.75) is 46.0 Å². The number of amides is 1. The third kappa shape index (κ3) is 7.19. The van der Waals surface area contributed by atoms with E-state index < -0.39 is 18.4 Å². The number of nitrogens with one attached hydrogen (secondary N) is 1. The van der Waals surface area contributed by atoms with Gasteiger partial charge in [0.1, 0.15) is 18.2 Å². The summed E-state index contributed by atoms with van der Waals surface area (Å²) < 4.78 is 0. The highest BCUT2D eigenvalue weighted by Crippen LogP contribution is 2.29. The SMILES string of the molecule is CCC(=O)Cc1ccc(-c2ccc(N3CCC(Cc4nc(C)c(O)c(C(=O)NCC(=O)O)n4)CC3)cc2)cc1. The topological polar surface area (TPSA) is 133 Å². The molecule has 1 amide bonds. The van der Waals surface area contributed by atoms with Crippen molar-refractivity contribution in [3.05, 3.63) is 71.3 Å². The van der Waals surface area contributed by atoms with Crippen LogP contribution >= 0.6 is 0 Å². The zero-order chi connectivity index (χ0) is 27.9. The Bertz CT molecular complexity index is 1330. The first-order valence-corrected chi connectivity index (χ1v) is 13.3. The Morgan fingerprint density at radius 3 is 2.18 bits per heavy atom. The van der Waals surface area contributed by atoms with Crippen LogP contribution < -0.4 is 10.2 Å². The lowest BCUT2D eigenvalue weighted by Crippen LogP contribution is -2.34. The standard InChI is InChI=1S/C30H34N4O5/c1-3-25(35)16-20-4-6-22(7-5-20)23-8-10-24(11-9-23)34-14-12-21(13-15-34)17-26-32-19(2)29(38)28(33-26)30(39)31-18-27(36)37/h4-11,21,38H,3,12-18H2,1-2H3,(H,31,39)(H,36,37). The molecular formula is C30H34N4O5. The fraction of sp³-hybridized carbons (Fsp3) is 0.367. The number of aliphatic carboxylic acids is 1. The Morgan fingerprint density at radius 2 is 1.59 bits per heavy atom. The highest BCUT2D eigenvalue weighted by molar-refractivity contribution is 5.96. The number of hydrogen-bond donors (Lipinski definition) is 3. The summed E-state index contributed by atoms with van der Waals surface area (Å²) in [5, 5.41) is 21.2. The molecule has 0 unspecified atom stereocenters. The first-order chi connectivity index (χ1) is 18.7. The van der Waals surface area contributed by atoms with Gasteiger partial charge < -0.3 is 20.4 Å². The van der Waals surface area contributed by atoms with Crippen LogP contribution in [0.2, 0.25) is 0 Å². The molecule has 3 N–H and O–H groups in total. The van der Waals surface area contributed by atoms with Crippen LogP contribution in [0.1, 0.15) is 53.8 Å². The highest BCUT2D eigenvalue weighted by Gasteiger charge is 2.23. The molecule has 0 bridgehead atoms. The predicted octanol–water partition coefficient (Wildman–Crippen LogP) is 3.95. The quantitative estimate of drug-likeness (QED) is 0.359. The highest BCUT2D eigenvalue weighted by atomic mass is 16.4. The summed E-state index contributed by atoms with van der Waals surface area (Å²) in [6.45, 7) is 4.70. The minimum Gasteiger partial charge on any atom is -0.504 e. The third-order valence-corrected chi connectivity index (χ3v) is 7.12.